The number of hydrogen-bond acceptors (Lipinski definition) is 0. The fraction of sp³-hybridized carbons (Fsp3) is 0.500. The van der Waals surface area contributed by atoms with Crippen LogP contribution >= 0.6 is 0 Å². The summed E-state index contributed by atoms with van der Waals surface area (Å²) in [6.45, 7) is 15.0. The van der Waals surface area contributed by atoms with Gasteiger partial charge in [0.15, 0.2) is 11.0 Å². The van der Waals surface area contributed by atoms with Crippen LogP contribution in [-0.2, 0) is 26.4 Å². The van der Waals surface area contributed by atoms with Crippen molar-refractivity contribution in [2.24, 2.45) is 12.5 Å². The number of benzene rings is 2. The summed E-state index contributed by atoms with van der Waals surface area (Å²) in [5.74, 6) is 1.93. The summed E-state index contributed by atoms with van der Waals surface area (Å²) in [5.41, 5.74) is 10.4. The predicted molar refractivity (Wildman–Crippen MR) is 119 cm³/mol. The van der Waals surface area contributed by atoms with Gasteiger partial charge in [-0.2, -0.15) is 0 Å². The average molecular weight is 376 g/mol. The molecule has 1 aromatic heterocycles. The van der Waals surface area contributed by atoms with Crippen LogP contribution in [0.2, 0.25) is 0 Å². The summed E-state index contributed by atoms with van der Waals surface area (Å²) in [7, 11) is 2.24. The maximum atomic E-state index is 2.59. The van der Waals surface area contributed by atoms with Gasteiger partial charge in [-0.3, -0.25) is 0 Å². The normalized spacial score (nSPS) is 14.3. The minimum Gasteiger partial charge on any atom is -0.226 e. The van der Waals surface area contributed by atoms with Crippen LogP contribution in [0.3, 0.4) is 0 Å². The summed E-state index contributed by atoms with van der Waals surface area (Å²) in [6.07, 6.45) is 3.58. The number of imidazole rings is 1. The minimum atomic E-state index is 0.313. The van der Waals surface area contributed by atoms with Crippen LogP contribution in [0.5, 0.6) is 0 Å². The van der Waals surface area contributed by atoms with E-state index in [-0.39, 0.29) is 0 Å². The lowest BCUT2D eigenvalue weighted by atomic mass is 9.84. The number of nitrogens with zero attached hydrogens (tertiary/aromatic N) is 2. The molecule has 0 atom stereocenters. The van der Waals surface area contributed by atoms with Gasteiger partial charge < -0.3 is 0 Å². The van der Waals surface area contributed by atoms with E-state index in [9.17, 15) is 0 Å². The van der Waals surface area contributed by atoms with Crippen LogP contribution in [0.1, 0.15) is 69.2 Å². The average Bonchev–Trinajstić information content (AvgIpc) is 2.89. The molecular weight excluding hydrogens is 340 g/mol. The Balaban J connectivity index is 1.95. The standard InChI is InChI=1S/C26H35N2/c1-17(2)19-10-12-21(18(3)15-19)25-27(7)23-13-11-20(16-26(4,5)6)22-9-8-14-28(25)24(22)23/h10-13,15,17H,8-9,14,16H2,1-7H3/q+1. The Labute approximate surface area is 170 Å². The minimum absolute atomic E-state index is 0.313. The lowest BCUT2D eigenvalue weighted by molar-refractivity contribution is -0.664. The van der Waals surface area contributed by atoms with E-state index in [1.807, 2.05) is 0 Å². The van der Waals surface area contributed by atoms with Gasteiger partial charge in [-0.25, -0.2) is 9.13 Å². The van der Waals surface area contributed by atoms with E-state index >= 15 is 0 Å². The molecule has 28 heavy (non-hydrogen) atoms. The number of aromatic nitrogens is 2. The maximum absolute atomic E-state index is 2.59. The van der Waals surface area contributed by atoms with Crippen LogP contribution in [0.4, 0.5) is 0 Å². The maximum Gasteiger partial charge on any atom is 0.289 e. The van der Waals surface area contributed by atoms with Crippen molar-refractivity contribution in [2.45, 2.75) is 73.3 Å². The third-order valence-electron chi connectivity index (χ3n) is 6.25. The molecule has 0 bridgehead atoms. The highest BCUT2D eigenvalue weighted by atomic mass is 15.2. The van der Waals surface area contributed by atoms with Gasteiger partial charge in [0.05, 0.1) is 19.2 Å². The van der Waals surface area contributed by atoms with E-state index < -0.39 is 0 Å². The molecule has 2 nitrogen and oxygen atoms in total. The van der Waals surface area contributed by atoms with Gasteiger partial charge in [-0.15, -0.1) is 0 Å². The topological polar surface area (TPSA) is 8.81 Å². The fourth-order valence-corrected chi connectivity index (χ4v) is 4.91. The van der Waals surface area contributed by atoms with Crippen molar-refractivity contribution in [3.8, 4) is 11.4 Å². The van der Waals surface area contributed by atoms with Gasteiger partial charge in [0.25, 0.3) is 5.82 Å². The van der Waals surface area contributed by atoms with E-state index in [0.29, 0.717) is 11.3 Å². The first-order valence-electron chi connectivity index (χ1n) is 10.8. The zero-order valence-corrected chi connectivity index (χ0v) is 18.7. The fourth-order valence-electron chi connectivity index (χ4n) is 4.91. The molecule has 0 saturated heterocycles. The van der Waals surface area contributed by atoms with E-state index in [2.05, 4.69) is 88.1 Å². The second-order valence-electron chi connectivity index (χ2n) is 10.2. The zero-order chi connectivity index (χ0) is 20.2. The second-order valence-corrected chi connectivity index (χ2v) is 10.2. The van der Waals surface area contributed by atoms with Crippen molar-refractivity contribution >= 4 is 11.0 Å². The van der Waals surface area contributed by atoms with Crippen molar-refractivity contribution in [3.63, 3.8) is 0 Å². The van der Waals surface area contributed by atoms with Gasteiger partial charge >= 0.3 is 0 Å². The molecule has 1 aliphatic rings. The molecule has 3 aromatic rings. The van der Waals surface area contributed by atoms with Crippen LogP contribution in [0, 0.1) is 12.3 Å². The quantitative estimate of drug-likeness (QED) is 0.489. The summed E-state index contributed by atoms with van der Waals surface area (Å²) in [6, 6.07) is 11.8. The van der Waals surface area contributed by atoms with Crippen LogP contribution < -0.4 is 4.57 Å². The molecule has 2 heterocycles. The molecule has 0 radical (unpaired) electrons. The van der Waals surface area contributed by atoms with Crippen LogP contribution in [0.15, 0.2) is 30.3 Å². The Morgan fingerprint density at radius 1 is 1.11 bits per heavy atom. The Morgan fingerprint density at radius 3 is 2.50 bits per heavy atom. The van der Waals surface area contributed by atoms with E-state index in [4.69, 9.17) is 0 Å². The predicted octanol–water partition coefficient (Wildman–Crippen LogP) is 6.10. The SMILES string of the molecule is Cc1cc(C(C)C)ccc1-c1n(C)c2ccc(CC(C)(C)C)c3c2[n+]1CCC3. The first-order chi connectivity index (χ1) is 13.2. The highest BCUT2D eigenvalue weighted by molar-refractivity contribution is 5.81. The number of rotatable bonds is 3. The van der Waals surface area contributed by atoms with Gasteiger partial charge in [0.2, 0.25) is 0 Å². The Morgan fingerprint density at radius 2 is 1.86 bits per heavy atom. The van der Waals surface area contributed by atoms with Crippen molar-refractivity contribution < 1.29 is 4.57 Å². The second kappa shape index (κ2) is 6.76. The summed E-state index contributed by atoms with van der Waals surface area (Å²) in [4.78, 5) is 0. The van der Waals surface area contributed by atoms with E-state index in [1.54, 1.807) is 5.56 Å². The van der Waals surface area contributed by atoms with Crippen LogP contribution in [-0.4, -0.2) is 4.57 Å². The molecular formula is C26H35N2+. The molecule has 0 N–H and O–H groups in total. The molecule has 4 rings (SSSR count). The lowest BCUT2D eigenvalue weighted by Gasteiger charge is -2.22. The van der Waals surface area contributed by atoms with Gasteiger partial charge in [-0.1, -0.05) is 52.8 Å². The first kappa shape index (κ1) is 19.2. The lowest BCUT2D eigenvalue weighted by Crippen LogP contribution is -2.39. The van der Waals surface area contributed by atoms with Gasteiger partial charge in [0, 0.05) is 5.56 Å². The van der Waals surface area contributed by atoms with Crippen molar-refractivity contribution in [2.75, 3.05) is 0 Å². The van der Waals surface area contributed by atoms with Crippen molar-refractivity contribution in [1.82, 2.24) is 4.57 Å². The molecule has 0 spiro atoms. The highest BCUT2D eigenvalue weighted by Gasteiger charge is 2.31. The number of aryl methyl sites for hydroxylation is 4. The first-order valence-corrected chi connectivity index (χ1v) is 10.8. The summed E-state index contributed by atoms with van der Waals surface area (Å²) in [5, 5.41) is 0. The molecule has 0 unspecified atom stereocenters. The Bertz CT molecular complexity index is 1040. The summed E-state index contributed by atoms with van der Waals surface area (Å²) >= 11 is 0. The molecule has 0 amide bonds. The molecule has 0 aliphatic carbocycles. The Kier molecular flexibility index (Phi) is 4.64. The third kappa shape index (κ3) is 3.17. The zero-order valence-electron chi connectivity index (χ0n) is 18.7. The molecule has 0 fully saturated rings. The van der Waals surface area contributed by atoms with Crippen molar-refractivity contribution in [1.29, 1.82) is 0 Å². The van der Waals surface area contributed by atoms with E-state index in [0.717, 1.165) is 13.0 Å². The van der Waals surface area contributed by atoms with Crippen LogP contribution in [0.25, 0.3) is 22.4 Å². The molecule has 2 heteroatoms. The smallest absolute Gasteiger partial charge is 0.226 e. The van der Waals surface area contributed by atoms with Gasteiger partial charge in [0.1, 0.15) is 0 Å². The molecule has 1 aliphatic heterocycles. The summed E-state index contributed by atoms with van der Waals surface area (Å²) < 4.78 is 5.01. The monoisotopic (exact) mass is 375 g/mol. The van der Waals surface area contributed by atoms with Gasteiger partial charge in [-0.05, 0) is 66.3 Å². The molecule has 0 saturated carbocycles. The van der Waals surface area contributed by atoms with E-state index in [1.165, 1.54) is 52.0 Å². The number of hydrogen-bond donors (Lipinski definition) is 0. The largest absolute Gasteiger partial charge is 0.289 e. The third-order valence-corrected chi connectivity index (χ3v) is 6.25. The highest BCUT2D eigenvalue weighted by Crippen LogP contribution is 2.34. The van der Waals surface area contributed by atoms with Crippen molar-refractivity contribution in [3.05, 3.63) is 52.6 Å². The molecule has 2 aromatic carbocycles. The molecule has 148 valence electrons. The Hall–Kier alpha value is -2.09.